The van der Waals surface area contributed by atoms with Gasteiger partial charge in [0, 0.05) is 0 Å². The zero-order valence-corrected chi connectivity index (χ0v) is 14.1. The summed E-state index contributed by atoms with van der Waals surface area (Å²) in [5.41, 5.74) is 10.2. The number of ether oxygens (including phenoxy) is 1. The zero-order chi connectivity index (χ0) is 16.3. The van der Waals surface area contributed by atoms with Crippen molar-refractivity contribution in [2.75, 3.05) is 6.61 Å². The third-order valence-electron chi connectivity index (χ3n) is 2.68. The molecule has 0 saturated heterocycles. The molecule has 0 fully saturated rings. The van der Waals surface area contributed by atoms with Gasteiger partial charge < -0.3 is 10.3 Å². The fraction of sp³-hybridized carbons (Fsp3) is 0.429. The van der Waals surface area contributed by atoms with Gasteiger partial charge in [-0.05, 0) is 23.1 Å². The lowest BCUT2D eigenvalue weighted by Gasteiger charge is -2.18. The quantitative estimate of drug-likeness (QED) is 0.273. The van der Waals surface area contributed by atoms with Crippen LogP contribution in [-0.4, -0.2) is 26.9 Å². The third kappa shape index (κ3) is 5.68. The highest BCUT2D eigenvalue weighted by molar-refractivity contribution is 6.67. The zero-order valence-electron chi connectivity index (χ0n) is 11.9. The molecule has 0 aromatic heterocycles. The van der Waals surface area contributed by atoms with Gasteiger partial charge in [0.2, 0.25) is 3.79 Å². The molecule has 0 bridgehead atoms. The lowest BCUT2D eigenvalue weighted by molar-refractivity contribution is -0.139. The van der Waals surface area contributed by atoms with Gasteiger partial charge in [0.1, 0.15) is 6.61 Å². The molecule has 1 rings (SSSR count). The number of esters is 1. The standard InChI is InChI=1S/C14H15Cl3N2O2/c1-13(2,3)10-6-4-9(5-7-10)11(19-18)12(20)21-8-14(15,16)17/h4-7H,8H2,1-3H3. The van der Waals surface area contributed by atoms with E-state index < -0.39 is 16.4 Å². The summed E-state index contributed by atoms with van der Waals surface area (Å²) in [5.74, 6) is -0.868. The minimum Gasteiger partial charge on any atom is -0.452 e. The van der Waals surface area contributed by atoms with Crippen LogP contribution >= 0.6 is 34.8 Å². The van der Waals surface area contributed by atoms with Crippen LogP contribution in [0.15, 0.2) is 24.3 Å². The summed E-state index contributed by atoms with van der Waals surface area (Å²) in [4.78, 5) is 14.8. The van der Waals surface area contributed by atoms with E-state index in [0.717, 1.165) is 5.56 Å². The summed E-state index contributed by atoms with van der Waals surface area (Å²) in [6.45, 7) is 5.77. The Morgan fingerprint density at radius 1 is 1.19 bits per heavy atom. The normalized spacial score (nSPS) is 11.7. The number of carbonyl (C=O) groups is 1. The number of rotatable bonds is 3. The number of hydrogen-bond donors (Lipinski definition) is 0. The topological polar surface area (TPSA) is 62.7 Å². The smallest absolute Gasteiger partial charge is 0.422 e. The van der Waals surface area contributed by atoms with E-state index in [1.54, 1.807) is 12.1 Å². The molecular weight excluding hydrogens is 335 g/mol. The second-order valence-corrected chi connectivity index (χ2v) is 7.98. The molecule has 114 valence electrons. The van der Waals surface area contributed by atoms with Crippen molar-refractivity contribution in [2.45, 2.75) is 30.0 Å². The second-order valence-electron chi connectivity index (χ2n) is 5.47. The largest absolute Gasteiger partial charge is 0.452 e. The number of alkyl halides is 3. The SMILES string of the molecule is CC(C)(C)c1ccc(C(=[N+]=[N-])C(=O)OCC(Cl)(Cl)Cl)cc1. The second kappa shape index (κ2) is 6.80. The molecule has 4 nitrogen and oxygen atoms in total. The number of benzene rings is 1. The monoisotopic (exact) mass is 348 g/mol. The molecular formula is C14H15Cl3N2O2. The van der Waals surface area contributed by atoms with E-state index in [-0.39, 0.29) is 11.1 Å². The van der Waals surface area contributed by atoms with Crippen LogP contribution in [0.2, 0.25) is 0 Å². The van der Waals surface area contributed by atoms with Crippen molar-refractivity contribution >= 4 is 46.5 Å². The molecule has 0 saturated carbocycles. The Labute approximate surface area is 138 Å². The number of hydrogen-bond acceptors (Lipinski definition) is 2. The van der Waals surface area contributed by atoms with Gasteiger partial charge in [-0.2, -0.15) is 4.79 Å². The van der Waals surface area contributed by atoms with Crippen LogP contribution in [0.1, 0.15) is 31.9 Å². The van der Waals surface area contributed by atoms with Gasteiger partial charge in [0.05, 0.1) is 5.56 Å². The van der Waals surface area contributed by atoms with Crippen LogP contribution in [0.25, 0.3) is 5.53 Å². The van der Waals surface area contributed by atoms with Crippen LogP contribution in [0.4, 0.5) is 0 Å². The lowest BCUT2D eigenvalue weighted by atomic mass is 9.86. The molecule has 7 heteroatoms. The molecule has 0 aliphatic carbocycles. The van der Waals surface area contributed by atoms with Gasteiger partial charge in [-0.1, -0.05) is 67.7 Å². The Morgan fingerprint density at radius 2 is 1.71 bits per heavy atom. The maximum absolute atomic E-state index is 11.8. The molecule has 0 aliphatic rings. The maximum Gasteiger partial charge on any atom is 0.422 e. The lowest BCUT2D eigenvalue weighted by Crippen LogP contribution is -2.25. The Hall–Kier alpha value is -1.06. The third-order valence-corrected chi connectivity index (χ3v) is 3.01. The predicted octanol–water partition coefficient (Wildman–Crippen LogP) is 3.92. The minimum atomic E-state index is -1.72. The van der Waals surface area contributed by atoms with Crippen LogP contribution in [0.3, 0.4) is 0 Å². The van der Waals surface area contributed by atoms with Crippen molar-refractivity contribution in [1.29, 1.82) is 0 Å². The number of carbonyl (C=O) groups excluding carboxylic acids is 1. The highest BCUT2D eigenvalue weighted by Crippen LogP contribution is 2.26. The van der Waals surface area contributed by atoms with Gasteiger partial charge in [0.25, 0.3) is 0 Å². The molecule has 0 atom stereocenters. The van der Waals surface area contributed by atoms with Gasteiger partial charge in [0.15, 0.2) is 0 Å². The van der Waals surface area contributed by atoms with Crippen molar-refractivity contribution in [2.24, 2.45) is 0 Å². The molecule has 0 heterocycles. The van der Waals surface area contributed by atoms with Crippen molar-refractivity contribution < 1.29 is 14.3 Å². The highest BCUT2D eigenvalue weighted by atomic mass is 35.6. The summed E-state index contributed by atoms with van der Waals surface area (Å²) in [6, 6.07) is 7.05. The van der Waals surface area contributed by atoms with Crippen molar-refractivity contribution in [1.82, 2.24) is 0 Å². The van der Waals surface area contributed by atoms with E-state index in [1.807, 2.05) is 12.1 Å². The maximum atomic E-state index is 11.8. The average molecular weight is 350 g/mol. The number of halogens is 3. The first kappa shape index (κ1) is 18.0. The molecule has 0 aliphatic heterocycles. The Balaban J connectivity index is 2.92. The van der Waals surface area contributed by atoms with E-state index in [0.29, 0.717) is 5.56 Å². The summed E-state index contributed by atoms with van der Waals surface area (Å²) in [5, 5.41) is 0. The van der Waals surface area contributed by atoms with Gasteiger partial charge in [-0.3, -0.25) is 0 Å². The van der Waals surface area contributed by atoms with Gasteiger partial charge in [-0.25, -0.2) is 4.79 Å². The van der Waals surface area contributed by atoms with E-state index in [9.17, 15) is 4.79 Å². The molecule has 1 aromatic rings. The van der Waals surface area contributed by atoms with Gasteiger partial charge in [-0.15, -0.1) is 0 Å². The first-order valence-electron chi connectivity index (χ1n) is 6.11. The molecule has 0 amide bonds. The van der Waals surface area contributed by atoms with E-state index in [2.05, 4.69) is 25.6 Å². The molecule has 0 unspecified atom stereocenters. The summed E-state index contributed by atoms with van der Waals surface area (Å²) in [6.07, 6.45) is 0. The number of nitrogens with zero attached hydrogens (tertiary/aromatic N) is 2. The minimum absolute atomic E-state index is 0.0228. The van der Waals surface area contributed by atoms with E-state index in [4.69, 9.17) is 45.1 Å². The molecule has 0 N–H and O–H groups in total. The van der Waals surface area contributed by atoms with Crippen LogP contribution in [-0.2, 0) is 14.9 Å². The van der Waals surface area contributed by atoms with E-state index >= 15 is 0 Å². The summed E-state index contributed by atoms with van der Waals surface area (Å²) in [7, 11) is 0. The van der Waals surface area contributed by atoms with Gasteiger partial charge >= 0.3 is 11.7 Å². The fourth-order valence-corrected chi connectivity index (χ4v) is 1.72. The van der Waals surface area contributed by atoms with Crippen molar-refractivity contribution in [3.05, 3.63) is 40.9 Å². The molecule has 1 aromatic carbocycles. The highest BCUT2D eigenvalue weighted by Gasteiger charge is 2.29. The summed E-state index contributed by atoms with van der Waals surface area (Å²) < 4.78 is 3.07. The van der Waals surface area contributed by atoms with E-state index in [1.165, 1.54) is 0 Å². The Bertz CT molecular complexity index is 565. The molecule has 21 heavy (non-hydrogen) atoms. The molecule has 0 radical (unpaired) electrons. The first-order valence-corrected chi connectivity index (χ1v) is 7.25. The Morgan fingerprint density at radius 3 is 2.10 bits per heavy atom. The van der Waals surface area contributed by atoms with Crippen molar-refractivity contribution in [3.63, 3.8) is 0 Å². The first-order chi connectivity index (χ1) is 9.54. The van der Waals surface area contributed by atoms with Crippen LogP contribution in [0.5, 0.6) is 0 Å². The summed E-state index contributed by atoms with van der Waals surface area (Å²) >= 11 is 16.5. The predicted molar refractivity (Wildman–Crippen MR) is 84.1 cm³/mol. The van der Waals surface area contributed by atoms with Crippen LogP contribution < -0.4 is 0 Å². The van der Waals surface area contributed by atoms with Crippen molar-refractivity contribution in [3.8, 4) is 0 Å². The Kier molecular flexibility index (Phi) is 5.83. The molecule has 0 spiro atoms. The average Bonchev–Trinajstić information content (AvgIpc) is 2.36. The fourth-order valence-electron chi connectivity index (χ4n) is 1.56. The van der Waals surface area contributed by atoms with Crippen LogP contribution in [0, 0.1) is 0 Å².